The first kappa shape index (κ1) is 29.0. The number of pyridine rings is 1. The quantitative estimate of drug-likeness (QED) is 0.182. The summed E-state index contributed by atoms with van der Waals surface area (Å²) in [6, 6.07) is 51.0. The molecule has 3 nitrogen and oxygen atoms in total. The lowest BCUT2D eigenvalue weighted by Crippen LogP contribution is -2.41. The summed E-state index contributed by atoms with van der Waals surface area (Å²) in [5, 5.41) is 0. The predicted molar refractivity (Wildman–Crippen MR) is 187 cm³/mol. The van der Waals surface area contributed by atoms with Gasteiger partial charge in [-0.05, 0) is 49.8 Å². The molecule has 1 saturated heterocycles. The third-order valence-corrected chi connectivity index (χ3v) is 9.14. The molecule has 2 heterocycles. The molecule has 0 atom stereocenters. The molecular formula is C41H36BNO2. The van der Waals surface area contributed by atoms with Gasteiger partial charge in [-0.25, -0.2) is 4.98 Å². The van der Waals surface area contributed by atoms with E-state index in [2.05, 4.69) is 173 Å². The van der Waals surface area contributed by atoms with Crippen LogP contribution in [0.2, 0.25) is 0 Å². The van der Waals surface area contributed by atoms with Gasteiger partial charge >= 0.3 is 7.12 Å². The van der Waals surface area contributed by atoms with Crippen molar-refractivity contribution in [2.75, 3.05) is 0 Å². The molecule has 0 bridgehead atoms. The molecule has 0 spiro atoms. The molecule has 1 aliphatic heterocycles. The highest BCUT2D eigenvalue weighted by Crippen LogP contribution is 2.48. The Labute approximate surface area is 266 Å². The van der Waals surface area contributed by atoms with Crippen molar-refractivity contribution in [2.24, 2.45) is 0 Å². The van der Waals surface area contributed by atoms with E-state index in [0.29, 0.717) is 0 Å². The molecule has 5 aromatic carbocycles. The summed E-state index contributed by atoms with van der Waals surface area (Å²) >= 11 is 0. The van der Waals surface area contributed by atoms with Crippen LogP contribution in [-0.4, -0.2) is 23.3 Å². The fraction of sp³-hybridized carbons (Fsp3) is 0.146. The maximum Gasteiger partial charge on any atom is 0.494 e. The van der Waals surface area contributed by atoms with Crippen LogP contribution in [0.25, 0.3) is 55.9 Å². The average molecular weight is 586 g/mol. The predicted octanol–water partition coefficient (Wildman–Crippen LogP) is 9.72. The molecule has 0 amide bonds. The minimum Gasteiger partial charge on any atom is -0.399 e. The summed E-state index contributed by atoms with van der Waals surface area (Å²) in [6.07, 6.45) is 0. The number of rotatable bonds is 6. The Balaban J connectivity index is 1.54. The molecule has 45 heavy (non-hydrogen) atoms. The van der Waals surface area contributed by atoms with Gasteiger partial charge in [0.15, 0.2) is 0 Å². The van der Waals surface area contributed by atoms with E-state index in [1.54, 1.807) is 0 Å². The zero-order valence-corrected chi connectivity index (χ0v) is 26.2. The van der Waals surface area contributed by atoms with Crippen molar-refractivity contribution >= 4 is 12.6 Å². The minimum atomic E-state index is -0.427. The van der Waals surface area contributed by atoms with Crippen LogP contribution in [0.5, 0.6) is 0 Å². The van der Waals surface area contributed by atoms with Gasteiger partial charge in [-0.2, -0.15) is 0 Å². The van der Waals surface area contributed by atoms with E-state index in [9.17, 15) is 0 Å². The third-order valence-electron chi connectivity index (χ3n) is 9.14. The van der Waals surface area contributed by atoms with Gasteiger partial charge in [0.25, 0.3) is 0 Å². The molecule has 1 aromatic heterocycles. The summed E-state index contributed by atoms with van der Waals surface area (Å²) in [7, 11) is -0.427. The first-order valence-electron chi connectivity index (χ1n) is 15.6. The largest absolute Gasteiger partial charge is 0.494 e. The first-order valence-corrected chi connectivity index (χ1v) is 15.6. The van der Waals surface area contributed by atoms with Crippen molar-refractivity contribution in [2.45, 2.75) is 38.9 Å². The van der Waals surface area contributed by atoms with E-state index in [1.165, 1.54) is 0 Å². The number of benzene rings is 5. The zero-order chi connectivity index (χ0) is 31.0. The lowest BCUT2D eigenvalue weighted by Gasteiger charge is -2.32. The van der Waals surface area contributed by atoms with Crippen molar-refractivity contribution in [1.29, 1.82) is 0 Å². The molecule has 0 aliphatic carbocycles. The van der Waals surface area contributed by atoms with Gasteiger partial charge in [0.2, 0.25) is 0 Å². The average Bonchev–Trinajstić information content (AvgIpc) is 3.31. The topological polar surface area (TPSA) is 31.4 Å². The van der Waals surface area contributed by atoms with Gasteiger partial charge in [0, 0.05) is 27.8 Å². The third kappa shape index (κ3) is 5.41. The fourth-order valence-corrected chi connectivity index (χ4v) is 6.04. The van der Waals surface area contributed by atoms with Crippen molar-refractivity contribution in [3.63, 3.8) is 0 Å². The van der Waals surface area contributed by atoms with Gasteiger partial charge in [-0.3, -0.25) is 0 Å². The molecule has 0 radical (unpaired) electrons. The molecule has 1 aliphatic rings. The van der Waals surface area contributed by atoms with Gasteiger partial charge < -0.3 is 9.31 Å². The number of hydrogen-bond donors (Lipinski definition) is 0. The molecule has 1 fully saturated rings. The zero-order valence-electron chi connectivity index (χ0n) is 26.2. The van der Waals surface area contributed by atoms with Gasteiger partial charge in [-0.1, -0.05) is 146 Å². The van der Waals surface area contributed by atoms with Crippen LogP contribution in [0.3, 0.4) is 0 Å². The highest BCUT2D eigenvalue weighted by Gasteiger charge is 2.51. The first-order chi connectivity index (χ1) is 21.8. The second-order valence-corrected chi connectivity index (χ2v) is 12.6. The Morgan fingerprint density at radius 3 is 1.11 bits per heavy atom. The normalized spacial score (nSPS) is 15.2. The van der Waals surface area contributed by atoms with Crippen LogP contribution in [0.1, 0.15) is 27.7 Å². The highest BCUT2D eigenvalue weighted by molar-refractivity contribution is 6.62. The van der Waals surface area contributed by atoms with E-state index < -0.39 is 18.3 Å². The summed E-state index contributed by atoms with van der Waals surface area (Å²) in [5.74, 6) is 0. The molecule has 220 valence electrons. The fourth-order valence-electron chi connectivity index (χ4n) is 6.04. The van der Waals surface area contributed by atoms with Crippen LogP contribution in [0, 0.1) is 0 Å². The van der Waals surface area contributed by atoms with Crippen LogP contribution >= 0.6 is 0 Å². The van der Waals surface area contributed by atoms with Crippen molar-refractivity contribution in [3.8, 4) is 55.9 Å². The summed E-state index contributed by atoms with van der Waals surface area (Å²) < 4.78 is 12.8. The summed E-state index contributed by atoms with van der Waals surface area (Å²) in [4.78, 5) is 5.52. The van der Waals surface area contributed by atoms with Crippen LogP contribution in [0.4, 0.5) is 0 Å². The Morgan fingerprint density at radius 2 is 0.733 bits per heavy atom. The maximum absolute atomic E-state index is 6.40. The lowest BCUT2D eigenvalue weighted by molar-refractivity contribution is 0.00578. The number of aromatic nitrogens is 1. The highest BCUT2D eigenvalue weighted by atomic mass is 16.7. The van der Waals surface area contributed by atoms with Gasteiger partial charge in [0.1, 0.15) is 0 Å². The van der Waals surface area contributed by atoms with E-state index in [1.807, 2.05) is 0 Å². The molecule has 0 unspecified atom stereocenters. The van der Waals surface area contributed by atoms with Gasteiger partial charge in [0.05, 0.1) is 22.6 Å². The van der Waals surface area contributed by atoms with Gasteiger partial charge in [-0.15, -0.1) is 0 Å². The Kier molecular flexibility index (Phi) is 7.49. The molecule has 6 aromatic rings. The molecule has 0 N–H and O–H groups in total. The second kappa shape index (κ2) is 11.6. The molecule has 7 rings (SSSR count). The number of nitrogens with zero attached hydrogens (tertiary/aromatic N) is 1. The summed E-state index contributed by atoms with van der Waals surface area (Å²) in [6.45, 7) is 8.36. The minimum absolute atomic E-state index is 0.405. The van der Waals surface area contributed by atoms with Crippen LogP contribution in [-0.2, 0) is 9.31 Å². The standard InChI is InChI=1S/C41H36BNO2/c1-40(2)41(3,4)45-42(44-40)34-27-25-31(26-28-34)35-36(29-17-9-5-10-18-29)38(32-21-13-7-14-22-32)43-39(33-23-15-8-16-24-33)37(35)30-19-11-6-12-20-30/h5-28H,1-4H3. The van der Waals surface area contributed by atoms with Crippen LogP contribution in [0.15, 0.2) is 146 Å². The van der Waals surface area contributed by atoms with E-state index >= 15 is 0 Å². The van der Waals surface area contributed by atoms with E-state index in [-0.39, 0.29) is 0 Å². The summed E-state index contributed by atoms with van der Waals surface area (Å²) in [5.41, 5.74) is 10.9. The van der Waals surface area contributed by atoms with Crippen molar-refractivity contribution < 1.29 is 9.31 Å². The van der Waals surface area contributed by atoms with Crippen LogP contribution < -0.4 is 5.46 Å². The maximum atomic E-state index is 6.40. The molecular weight excluding hydrogens is 549 g/mol. The Morgan fingerprint density at radius 1 is 0.400 bits per heavy atom. The smallest absolute Gasteiger partial charge is 0.399 e. The monoisotopic (exact) mass is 585 g/mol. The lowest BCUT2D eigenvalue weighted by atomic mass is 9.77. The molecule has 0 saturated carbocycles. The Bertz CT molecular complexity index is 1800. The Hall–Kier alpha value is -4.77. The SMILES string of the molecule is CC1(C)OB(c2ccc(-c3c(-c4ccccc4)c(-c4ccccc4)nc(-c4ccccc4)c3-c3ccccc3)cc2)OC1(C)C. The molecule has 4 heteroatoms. The van der Waals surface area contributed by atoms with Crippen molar-refractivity contribution in [1.82, 2.24) is 4.98 Å². The number of hydrogen-bond acceptors (Lipinski definition) is 3. The second-order valence-electron chi connectivity index (χ2n) is 12.6. The van der Waals surface area contributed by atoms with E-state index in [4.69, 9.17) is 14.3 Å². The van der Waals surface area contributed by atoms with E-state index in [0.717, 1.165) is 61.4 Å². The van der Waals surface area contributed by atoms with Crippen molar-refractivity contribution in [3.05, 3.63) is 146 Å².